The molecule has 0 saturated carbocycles. The maximum Gasteiger partial charge on any atom is 0.275 e. The van der Waals surface area contributed by atoms with Crippen LogP contribution in [0.3, 0.4) is 0 Å². The van der Waals surface area contributed by atoms with Crippen molar-refractivity contribution in [3.05, 3.63) is 86.5 Å². The second kappa shape index (κ2) is 9.12. The molecule has 168 valence electrons. The highest BCUT2D eigenvalue weighted by Gasteiger charge is 2.23. The van der Waals surface area contributed by atoms with Crippen molar-refractivity contribution in [3.8, 4) is 10.6 Å². The van der Waals surface area contributed by atoms with Crippen LogP contribution in [0.15, 0.2) is 63.9 Å². The van der Waals surface area contributed by atoms with Gasteiger partial charge in [-0.1, -0.05) is 45.5 Å². The minimum absolute atomic E-state index is 0.0169. The first kappa shape index (κ1) is 21.9. The molecule has 0 N–H and O–H groups in total. The molecule has 0 aliphatic carbocycles. The average molecular weight is 528 g/mol. The zero-order chi connectivity index (χ0) is 22.9. The van der Waals surface area contributed by atoms with E-state index in [-0.39, 0.29) is 17.3 Å². The summed E-state index contributed by atoms with van der Waals surface area (Å²) in [5.41, 5.74) is 1.66. The number of nitrogens with zero attached hydrogens (tertiary/aromatic N) is 5. The van der Waals surface area contributed by atoms with Crippen LogP contribution in [0.25, 0.3) is 15.5 Å². The van der Waals surface area contributed by atoms with Crippen molar-refractivity contribution < 1.29 is 9.18 Å². The first-order chi connectivity index (χ1) is 16.0. The van der Waals surface area contributed by atoms with Crippen LogP contribution in [-0.2, 0) is 6.54 Å². The number of piperazine rings is 1. The van der Waals surface area contributed by atoms with E-state index in [4.69, 9.17) is 0 Å². The van der Waals surface area contributed by atoms with Gasteiger partial charge in [0.2, 0.25) is 4.96 Å². The molecule has 2 aromatic heterocycles. The third-order valence-electron chi connectivity index (χ3n) is 5.49. The highest BCUT2D eigenvalue weighted by Crippen LogP contribution is 2.25. The van der Waals surface area contributed by atoms with Crippen molar-refractivity contribution in [1.82, 2.24) is 24.4 Å². The van der Waals surface area contributed by atoms with Crippen LogP contribution in [-0.4, -0.2) is 56.5 Å². The molecule has 0 bridgehead atoms. The predicted octanol–water partition coefficient (Wildman–Crippen LogP) is 3.68. The smallest absolute Gasteiger partial charge is 0.275 e. The number of rotatable bonds is 4. The van der Waals surface area contributed by atoms with Gasteiger partial charge in [-0.25, -0.2) is 9.37 Å². The van der Waals surface area contributed by atoms with Gasteiger partial charge in [0.05, 0.1) is 5.69 Å². The fourth-order valence-electron chi connectivity index (χ4n) is 3.82. The van der Waals surface area contributed by atoms with Gasteiger partial charge in [0.15, 0.2) is 0 Å². The number of aromatic nitrogens is 3. The standard InChI is InChI=1S/C23H19BrFN5O2S/c24-17-5-1-4-16(11-17)22(32)29-9-7-28(8-10-29)14-19-13-20(31)30-23(26-19)33-21(27-30)15-3-2-6-18(25)12-15/h1-6,11-13H,7-10,14H2. The van der Waals surface area contributed by atoms with Crippen molar-refractivity contribution in [2.75, 3.05) is 26.2 Å². The number of fused-ring (bicyclic) bond motifs is 1. The number of hydrogen-bond acceptors (Lipinski definition) is 6. The summed E-state index contributed by atoms with van der Waals surface area (Å²) >= 11 is 4.66. The number of halogens is 2. The molecule has 10 heteroatoms. The highest BCUT2D eigenvalue weighted by atomic mass is 79.9. The summed E-state index contributed by atoms with van der Waals surface area (Å²) in [4.78, 5) is 34.4. The molecule has 0 spiro atoms. The topological polar surface area (TPSA) is 70.8 Å². The SMILES string of the molecule is O=C(c1cccc(Br)c1)N1CCN(Cc2cc(=O)n3nc(-c4cccc(F)c4)sc3n2)CC1. The normalized spacial score (nSPS) is 14.7. The van der Waals surface area contributed by atoms with E-state index in [9.17, 15) is 14.0 Å². The van der Waals surface area contributed by atoms with Gasteiger partial charge in [0, 0.05) is 54.4 Å². The molecule has 3 heterocycles. The summed E-state index contributed by atoms with van der Waals surface area (Å²) in [6, 6.07) is 15.0. The molecule has 0 radical (unpaired) electrons. The molecule has 5 rings (SSSR count). The first-order valence-electron chi connectivity index (χ1n) is 10.4. The molecule has 33 heavy (non-hydrogen) atoms. The monoisotopic (exact) mass is 527 g/mol. The number of amides is 1. The third-order valence-corrected chi connectivity index (χ3v) is 6.94. The lowest BCUT2D eigenvalue weighted by molar-refractivity contribution is 0.0627. The van der Waals surface area contributed by atoms with Crippen molar-refractivity contribution in [1.29, 1.82) is 0 Å². The van der Waals surface area contributed by atoms with Gasteiger partial charge in [-0.05, 0) is 30.3 Å². The molecule has 1 aliphatic rings. The zero-order valence-corrected chi connectivity index (χ0v) is 19.9. The molecule has 4 aromatic rings. The van der Waals surface area contributed by atoms with Crippen LogP contribution in [0.2, 0.25) is 0 Å². The second-order valence-corrected chi connectivity index (χ2v) is 9.65. The van der Waals surface area contributed by atoms with Crippen molar-refractivity contribution in [3.63, 3.8) is 0 Å². The van der Waals surface area contributed by atoms with Gasteiger partial charge < -0.3 is 4.90 Å². The minimum Gasteiger partial charge on any atom is -0.336 e. The van der Waals surface area contributed by atoms with E-state index in [1.165, 1.54) is 34.1 Å². The van der Waals surface area contributed by atoms with Crippen LogP contribution in [0, 0.1) is 5.82 Å². The van der Waals surface area contributed by atoms with Crippen LogP contribution in [0.5, 0.6) is 0 Å². The fourth-order valence-corrected chi connectivity index (χ4v) is 5.14. The molecule has 1 fully saturated rings. The lowest BCUT2D eigenvalue weighted by atomic mass is 10.2. The van der Waals surface area contributed by atoms with E-state index in [2.05, 4.69) is 30.9 Å². The Morgan fingerprint density at radius 2 is 1.85 bits per heavy atom. The third kappa shape index (κ3) is 4.73. The van der Waals surface area contributed by atoms with Crippen molar-refractivity contribution in [2.45, 2.75) is 6.54 Å². The second-order valence-electron chi connectivity index (χ2n) is 7.78. The van der Waals surface area contributed by atoms with Crippen LogP contribution < -0.4 is 5.56 Å². The molecule has 1 saturated heterocycles. The molecule has 0 unspecified atom stereocenters. The van der Waals surface area contributed by atoms with Gasteiger partial charge in [0.1, 0.15) is 10.8 Å². The Balaban J connectivity index is 1.28. The van der Waals surface area contributed by atoms with Crippen molar-refractivity contribution in [2.24, 2.45) is 0 Å². The van der Waals surface area contributed by atoms with Crippen LogP contribution in [0.4, 0.5) is 4.39 Å². The summed E-state index contributed by atoms with van der Waals surface area (Å²) < 4.78 is 15.7. The van der Waals surface area contributed by atoms with E-state index < -0.39 is 0 Å². The Hall–Kier alpha value is -2.95. The fraction of sp³-hybridized carbons (Fsp3) is 0.217. The van der Waals surface area contributed by atoms with Gasteiger partial charge >= 0.3 is 0 Å². The number of carbonyl (C=O) groups is 1. The molecule has 0 atom stereocenters. The lowest BCUT2D eigenvalue weighted by Gasteiger charge is -2.34. The average Bonchev–Trinajstić information content (AvgIpc) is 3.24. The Morgan fingerprint density at radius 1 is 1.06 bits per heavy atom. The molecule has 1 amide bonds. The zero-order valence-electron chi connectivity index (χ0n) is 17.4. The molecular weight excluding hydrogens is 509 g/mol. The molecule has 2 aromatic carbocycles. The predicted molar refractivity (Wildman–Crippen MR) is 128 cm³/mol. The van der Waals surface area contributed by atoms with E-state index in [1.54, 1.807) is 12.1 Å². The van der Waals surface area contributed by atoms with Crippen molar-refractivity contribution >= 4 is 38.1 Å². The molecular formula is C23H19BrFN5O2S. The lowest BCUT2D eigenvalue weighted by Crippen LogP contribution is -2.48. The largest absolute Gasteiger partial charge is 0.336 e. The number of benzene rings is 2. The van der Waals surface area contributed by atoms with Crippen LogP contribution >= 0.6 is 27.3 Å². The van der Waals surface area contributed by atoms with E-state index in [0.717, 1.165) is 4.47 Å². The first-order valence-corrected chi connectivity index (χ1v) is 12.0. The Kier molecular flexibility index (Phi) is 6.05. The number of hydrogen-bond donors (Lipinski definition) is 0. The minimum atomic E-state index is -0.356. The van der Waals surface area contributed by atoms with E-state index in [0.29, 0.717) is 59.5 Å². The van der Waals surface area contributed by atoms with Crippen LogP contribution in [0.1, 0.15) is 16.1 Å². The quantitative estimate of drug-likeness (QED) is 0.405. The van der Waals surface area contributed by atoms with Gasteiger partial charge in [0.25, 0.3) is 11.5 Å². The summed E-state index contributed by atoms with van der Waals surface area (Å²) in [7, 11) is 0. The van der Waals surface area contributed by atoms with E-state index >= 15 is 0 Å². The van der Waals surface area contributed by atoms with E-state index in [1.807, 2.05) is 29.2 Å². The highest BCUT2D eigenvalue weighted by molar-refractivity contribution is 9.10. The Bertz CT molecular complexity index is 1400. The summed E-state index contributed by atoms with van der Waals surface area (Å²) in [5, 5.41) is 4.85. The summed E-state index contributed by atoms with van der Waals surface area (Å²) in [6.07, 6.45) is 0. The number of carbonyl (C=O) groups excluding carboxylic acids is 1. The van der Waals surface area contributed by atoms with Gasteiger partial charge in [-0.3, -0.25) is 14.5 Å². The maximum absolute atomic E-state index is 13.6. The summed E-state index contributed by atoms with van der Waals surface area (Å²) in [6.45, 7) is 3.11. The Labute approximate surface area is 201 Å². The maximum atomic E-state index is 13.6. The van der Waals surface area contributed by atoms with Gasteiger partial charge in [-0.15, -0.1) is 0 Å². The summed E-state index contributed by atoms with van der Waals surface area (Å²) in [5.74, 6) is -0.339. The molecule has 1 aliphatic heterocycles. The Morgan fingerprint density at radius 3 is 2.61 bits per heavy atom. The molecule has 7 nitrogen and oxygen atoms in total. The van der Waals surface area contributed by atoms with Gasteiger partial charge in [-0.2, -0.15) is 9.61 Å².